The molecule has 9 heteroatoms. The number of hydrogen-bond donors (Lipinski definition) is 4. The van der Waals surface area contributed by atoms with Crippen molar-refractivity contribution >= 4 is 17.9 Å². The summed E-state index contributed by atoms with van der Waals surface area (Å²) in [4.78, 5) is 23.5. The first-order valence-electron chi connectivity index (χ1n) is 10.4. The monoisotopic (exact) mass is 397 g/mol. The average Bonchev–Trinajstić information content (AvgIpc) is 2.71. The number of esters is 1. The second kappa shape index (κ2) is 11.7. The highest BCUT2D eigenvalue weighted by Crippen LogP contribution is 2.40. The van der Waals surface area contributed by atoms with Gasteiger partial charge in [0.2, 0.25) is 0 Å². The van der Waals surface area contributed by atoms with Gasteiger partial charge in [0.1, 0.15) is 11.9 Å². The SMILES string of the molecule is CCOC(=O)NCCCOC(=O)C1CC2CC(CC/C(N)=N/N)CCC2CN1. The number of amidine groups is 1. The molecule has 2 rings (SSSR count). The minimum atomic E-state index is -0.444. The number of hydrogen-bond acceptors (Lipinski definition) is 7. The second-order valence-corrected chi connectivity index (χ2v) is 7.72. The van der Waals surface area contributed by atoms with Crippen LogP contribution in [0.1, 0.15) is 51.9 Å². The molecule has 4 atom stereocenters. The van der Waals surface area contributed by atoms with E-state index in [4.69, 9.17) is 21.1 Å². The largest absolute Gasteiger partial charge is 0.464 e. The first-order valence-corrected chi connectivity index (χ1v) is 10.4. The minimum absolute atomic E-state index is 0.198. The third-order valence-electron chi connectivity index (χ3n) is 5.78. The highest BCUT2D eigenvalue weighted by molar-refractivity contribution is 5.79. The van der Waals surface area contributed by atoms with Gasteiger partial charge in [-0.25, -0.2) is 4.79 Å². The van der Waals surface area contributed by atoms with Gasteiger partial charge in [0.25, 0.3) is 0 Å². The smallest absolute Gasteiger partial charge is 0.407 e. The predicted molar refractivity (Wildman–Crippen MR) is 106 cm³/mol. The Kier molecular flexibility index (Phi) is 9.33. The molecule has 9 nitrogen and oxygen atoms in total. The van der Waals surface area contributed by atoms with E-state index in [-0.39, 0.29) is 18.6 Å². The third-order valence-corrected chi connectivity index (χ3v) is 5.78. The molecule has 1 saturated heterocycles. The van der Waals surface area contributed by atoms with Crippen LogP contribution in [0, 0.1) is 17.8 Å². The van der Waals surface area contributed by atoms with E-state index in [9.17, 15) is 9.59 Å². The van der Waals surface area contributed by atoms with Gasteiger partial charge in [0.15, 0.2) is 0 Å². The van der Waals surface area contributed by atoms with E-state index in [1.165, 1.54) is 12.8 Å². The van der Waals surface area contributed by atoms with Crippen LogP contribution in [0.5, 0.6) is 0 Å². The molecule has 0 aromatic carbocycles. The molecule has 1 amide bonds. The molecule has 2 fully saturated rings. The van der Waals surface area contributed by atoms with E-state index in [2.05, 4.69) is 15.7 Å². The molecule has 4 unspecified atom stereocenters. The predicted octanol–water partition coefficient (Wildman–Crippen LogP) is 1.07. The molecule has 1 aliphatic heterocycles. The summed E-state index contributed by atoms with van der Waals surface area (Å²) in [6, 6.07) is -0.242. The number of nitrogens with zero attached hydrogens (tertiary/aromatic N) is 1. The fourth-order valence-corrected chi connectivity index (χ4v) is 4.24. The number of nitrogens with two attached hydrogens (primary N) is 2. The van der Waals surface area contributed by atoms with Crippen molar-refractivity contribution in [1.82, 2.24) is 10.6 Å². The van der Waals surface area contributed by atoms with Crippen molar-refractivity contribution in [1.29, 1.82) is 0 Å². The molecule has 0 aromatic rings. The highest BCUT2D eigenvalue weighted by Gasteiger charge is 2.38. The van der Waals surface area contributed by atoms with Gasteiger partial charge < -0.3 is 31.7 Å². The third kappa shape index (κ3) is 7.18. The summed E-state index contributed by atoms with van der Waals surface area (Å²) < 4.78 is 10.2. The van der Waals surface area contributed by atoms with Gasteiger partial charge in [-0.2, -0.15) is 5.10 Å². The molecule has 0 aromatic heterocycles. The Balaban J connectivity index is 1.67. The van der Waals surface area contributed by atoms with Gasteiger partial charge in [-0.1, -0.05) is 6.42 Å². The number of fused-ring (bicyclic) bond motifs is 1. The lowest BCUT2D eigenvalue weighted by Crippen LogP contribution is -2.50. The molecule has 1 aliphatic carbocycles. The maximum Gasteiger partial charge on any atom is 0.407 e. The van der Waals surface area contributed by atoms with E-state index in [1.54, 1.807) is 6.92 Å². The number of carbonyl (C=O) groups excluding carboxylic acids is 2. The van der Waals surface area contributed by atoms with Crippen LogP contribution in [0.15, 0.2) is 5.10 Å². The summed E-state index contributed by atoms with van der Waals surface area (Å²) in [7, 11) is 0. The molecule has 1 saturated carbocycles. The lowest BCUT2D eigenvalue weighted by molar-refractivity contribution is -0.148. The topological polar surface area (TPSA) is 141 Å². The summed E-state index contributed by atoms with van der Waals surface area (Å²) in [5.41, 5.74) is 5.71. The molecule has 28 heavy (non-hydrogen) atoms. The van der Waals surface area contributed by atoms with Crippen LogP contribution in [0.2, 0.25) is 0 Å². The van der Waals surface area contributed by atoms with Crippen LogP contribution in [0.4, 0.5) is 4.79 Å². The fourth-order valence-electron chi connectivity index (χ4n) is 4.24. The zero-order valence-electron chi connectivity index (χ0n) is 16.8. The quantitative estimate of drug-likeness (QED) is 0.114. The number of amides is 1. The minimum Gasteiger partial charge on any atom is -0.464 e. The zero-order chi connectivity index (χ0) is 20.4. The van der Waals surface area contributed by atoms with Crippen molar-refractivity contribution in [3.63, 3.8) is 0 Å². The zero-order valence-corrected chi connectivity index (χ0v) is 16.8. The van der Waals surface area contributed by atoms with Gasteiger partial charge in [-0.05, 0) is 63.3 Å². The Morgan fingerprint density at radius 3 is 2.79 bits per heavy atom. The number of alkyl carbamates (subject to hydrolysis) is 1. The lowest BCUT2D eigenvalue weighted by Gasteiger charge is -2.42. The fraction of sp³-hybridized carbons (Fsp3) is 0.842. The molecule has 160 valence electrons. The van der Waals surface area contributed by atoms with Gasteiger partial charge in [-0.15, -0.1) is 0 Å². The molecular formula is C19H35N5O4. The van der Waals surface area contributed by atoms with Gasteiger partial charge >= 0.3 is 12.1 Å². The van der Waals surface area contributed by atoms with Gasteiger partial charge in [0, 0.05) is 13.0 Å². The van der Waals surface area contributed by atoms with E-state index in [0.717, 1.165) is 32.2 Å². The van der Waals surface area contributed by atoms with Crippen LogP contribution in [-0.4, -0.2) is 50.2 Å². The van der Waals surface area contributed by atoms with Crippen LogP contribution >= 0.6 is 0 Å². The highest BCUT2D eigenvalue weighted by atomic mass is 16.5. The van der Waals surface area contributed by atoms with Crippen molar-refractivity contribution in [2.24, 2.45) is 34.4 Å². The number of piperidine rings is 1. The summed E-state index contributed by atoms with van der Waals surface area (Å²) in [6.45, 7) is 3.67. The van der Waals surface area contributed by atoms with Gasteiger partial charge in [-0.3, -0.25) is 4.79 Å². The standard InChI is InChI=1S/C19H35N5O4/c1-2-27-19(26)22-8-3-9-28-18(25)16-11-15-10-13(5-7-17(20)24-21)4-6-14(15)12-23-16/h13-16,23H,2-12,21H2,1H3,(H2,20,24)(H,22,26). The number of ether oxygens (including phenoxy) is 2. The van der Waals surface area contributed by atoms with Crippen molar-refractivity contribution in [2.75, 3.05) is 26.3 Å². The van der Waals surface area contributed by atoms with E-state index in [0.29, 0.717) is 43.2 Å². The van der Waals surface area contributed by atoms with Crippen molar-refractivity contribution < 1.29 is 19.1 Å². The molecule has 2 aliphatic rings. The lowest BCUT2D eigenvalue weighted by atomic mass is 9.69. The Morgan fingerprint density at radius 2 is 2.04 bits per heavy atom. The van der Waals surface area contributed by atoms with Crippen molar-refractivity contribution in [2.45, 2.75) is 57.9 Å². The summed E-state index contributed by atoms with van der Waals surface area (Å²) in [5, 5.41) is 9.50. The van der Waals surface area contributed by atoms with E-state index < -0.39 is 6.09 Å². The number of carbonyl (C=O) groups is 2. The molecule has 0 bridgehead atoms. The van der Waals surface area contributed by atoms with Crippen LogP contribution in [-0.2, 0) is 14.3 Å². The Hall–Kier alpha value is -2.03. The first-order chi connectivity index (χ1) is 13.5. The molecule has 0 radical (unpaired) electrons. The second-order valence-electron chi connectivity index (χ2n) is 7.72. The maximum absolute atomic E-state index is 12.4. The van der Waals surface area contributed by atoms with Gasteiger partial charge in [0.05, 0.1) is 13.2 Å². The summed E-state index contributed by atoms with van der Waals surface area (Å²) in [5.74, 6) is 7.31. The van der Waals surface area contributed by atoms with Crippen LogP contribution < -0.4 is 22.2 Å². The Morgan fingerprint density at radius 1 is 1.21 bits per heavy atom. The van der Waals surface area contributed by atoms with Crippen LogP contribution in [0.25, 0.3) is 0 Å². The molecule has 1 heterocycles. The van der Waals surface area contributed by atoms with E-state index in [1.807, 2.05) is 0 Å². The molecule has 6 N–H and O–H groups in total. The average molecular weight is 398 g/mol. The number of hydrazone groups is 1. The van der Waals surface area contributed by atoms with Crippen molar-refractivity contribution in [3.05, 3.63) is 0 Å². The number of nitrogens with one attached hydrogen (secondary N) is 2. The molecule has 0 spiro atoms. The molecular weight excluding hydrogens is 362 g/mol. The normalized spacial score (nSPS) is 27.5. The van der Waals surface area contributed by atoms with Crippen molar-refractivity contribution in [3.8, 4) is 0 Å². The Bertz CT molecular complexity index is 542. The van der Waals surface area contributed by atoms with Crippen LogP contribution in [0.3, 0.4) is 0 Å². The maximum atomic E-state index is 12.4. The summed E-state index contributed by atoms with van der Waals surface area (Å²) in [6.07, 6.45) is 6.19. The number of rotatable bonds is 9. The summed E-state index contributed by atoms with van der Waals surface area (Å²) >= 11 is 0. The van der Waals surface area contributed by atoms with E-state index >= 15 is 0 Å². The first kappa shape index (κ1) is 22.3. The Labute approximate surface area is 166 Å².